The summed E-state index contributed by atoms with van der Waals surface area (Å²) in [5, 5.41) is 5.44. The number of allylic oxidation sites excluding steroid dienone is 1. The number of thioether (sulfide) groups is 1. The Morgan fingerprint density at radius 2 is 2.00 bits per heavy atom. The number of carbonyl (C=O) groups is 2. The number of esters is 1. The second-order valence-electron chi connectivity index (χ2n) is 7.80. The van der Waals surface area contributed by atoms with Gasteiger partial charge in [0, 0.05) is 18.4 Å². The van der Waals surface area contributed by atoms with Gasteiger partial charge in [0.05, 0.1) is 50.3 Å². The molecule has 2 aliphatic heterocycles. The predicted molar refractivity (Wildman–Crippen MR) is 131 cm³/mol. The molecule has 0 saturated carbocycles. The normalized spacial score (nSPS) is 17.0. The molecule has 0 bridgehead atoms. The molecule has 0 fully saturated rings. The number of nitrogens with zero attached hydrogens (tertiary/aromatic N) is 2. The average molecular weight is 498 g/mol. The summed E-state index contributed by atoms with van der Waals surface area (Å²) in [6.45, 7) is 2.48. The molecule has 2 aliphatic rings. The van der Waals surface area contributed by atoms with E-state index in [0.717, 1.165) is 11.3 Å². The molecule has 0 unspecified atom stereocenters. The minimum absolute atomic E-state index is 0.101. The van der Waals surface area contributed by atoms with E-state index in [-0.39, 0.29) is 25.5 Å². The van der Waals surface area contributed by atoms with Crippen LogP contribution in [-0.4, -0.2) is 49.4 Å². The van der Waals surface area contributed by atoms with E-state index in [9.17, 15) is 9.59 Å². The summed E-state index contributed by atoms with van der Waals surface area (Å²) in [7, 11) is 3.13. The highest BCUT2D eigenvalue weighted by Gasteiger charge is 2.42. The Balaban J connectivity index is 1.64. The molecule has 1 amide bonds. The van der Waals surface area contributed by atoms with Gasteiger partial charge in [-0.25, -0.2) is 9.79 Å². The lowest BCUT2D eigenvalue weighted by Gasteiger charge is -2.36. The van der Waals surface area contributed by atoms with Crippen molar-refractivity contribution in [3.8, 4) is 5.75 Å². The van der Waals surface area contributed by atoms with Crippen molar-refractivity contribution in [1.29, 1.82) is 0 Å². The molecule has 3 heterocycles. The van der Waals surface area contributed by atoms with E-state index < -0.39 is 12.0 Å². The topological polar surface area (TPSA) is 103 Å². The number of methoxy groups -OCH3 is 2. The standard InChI is InChI=1S/C25H27N3O6S/c1-16-22(24(30)34-12-11-31-2)23(19-8-4-5-9-20(19)32-3)28-17(15-35-25(28)27-16)13-21(29)26-14-18-7-6-10-33-18/h4-10,15,23H,11-14H2,1-3H3,(H,26,29)/t23-/m0/s1. The first-order valence-corrected chi connectivity index (χ1v) is 11.9. The van der Waals surface area contributed by atoms with Crippen molar-refractivity contribution in [2.24, 2.45) is 4.99 Å². The molecule has 2 aromatic rings. The number of ether oxygens (including phenoxy) is 3. The Labute approximate surface area is 207 Å². The van der Waals surface area contributed by atoms with Crippen LogP contribution < -0.4 is 10.1 Å². The number of rotatable bonds is 10. The Hall–Kier alpha value is -3.50. The largest absolute Gasteiger partial charge is 0.496 e. The van der Waals surface area contributed by atoms with E-state index in [2.05, 4.69) is 10.3 Å². The fourth-order valence-corrected chi connectivity index (χ4v) is 4.90. The van der Waals surface area contributed by atoms with Crippen LogP contribution in [0.25, 0.3) is 0 Å². The summed E-state index contributed by atoms with van der Waals surface area (Å²) in [5.41, 5.74) is 2.43. The van der Waals surface area contributed by atoms with Crippen LogP contribution in [0.1, 0.15) is 30.7 Å². The number of furan rings is 1. The van der Waals surface area contributed by atoms with Gasteiger partial charge in [0.15, 0.2) is 5.17 Å². The summed E-state index contributed by atoms with van der Waals surface area (Å²) >= 11 is 1.41. The zero-order valence-electron chi connectivity index (χ0n) is 19.8. The number of carbonyl (C=O) groups excluding carboxylic acids is 2. The maximum Gasteiger partial charge on any atom is 0.338 e. The molecular formula is C25H27N3O6S. The smallest absolute Gasteiger partial charge is 0.338 e. The maximum atomic E-state index is 13.2. The Morgan fingerprint density at radius 1 is 1.17 bits per heavy atom. The van der Waals surface area contributed by atoms with Gasteiger partial charge in [0.1, 0.15) is 18.1 Å². The summed E-state index contributed by atoms with van der Waals surface area (Å²) in [6.07, 6.45) is 1.66. The second-order valence-corrected chi connectivity index (χ2v) is 8.63. The van der Waals surface area contributed by atoms with Gasteiger partial charge in [0.2, 0.25) is 5.91 Å². The molecule has 1 N–H and O–H groups in total. The van der Waals surface area contributed by atoms with Gasteiger partial charge in [-0.2, -0.15) is 0 Å². The van der Waals surface area contributed by atoms with Crippen LogP contribution in [0.15, 0.2) is 74.4 Å². The third-order valence-corrected chi connectivity index (χ3v) is 6.44. The highest BCUT2D eigenvalue weighted by atomic mass is 32.2. The number of para-hydroxylation sites is 1. The highest BCUT2D eigenvalue weighted by Crippen LogP contribution is 2.46. The van der Waals surface area contributed by atoms with Gasteiger partial charge >= 0.3 is 5.97 Å². The van der Waals surface area contributed by atoms with Crippen LogP contribution in [0.3, 0.4) is 0 Å². The number of aliphatic imine (C=N–C) groups is 1. The Kier molecular flexibility index (Phi) is 7.94. The van der Waals surface area contributed by atoms with Crippen LogP contribution in [0.2, 0.25) is 0 Å². The third kappa shape index (κ3) is 5.44. The lowest BCUT2D eigenvalue weighted by Crippen LogP contribution is -2.38. The fraction of sp³-hybridized carbons (Fsp3) is 0.320. The first-order valence-electron chi connectivity index (χ1n) is 11.1. The molecule has 0 aliphatic carbocycles. The third-order valence-electron chi connectivity index (χ3n) is 5.56. The van der Waals surface area contributed by atoms with Crippen LogP contribution in [0.4, 0.5) is 0 Å². The van der Waals surface area contributed by atoms with Crippen molar-refractivity contribution < 1.29 is 28.2 Å². The van der Waals surface area contributed by atoms with E-state index in [1.165, 1.54) is 11.8 Å². The molecule has 9 nitrogen and oxygen atoms in total. The fourth-order valence-electron chi connectivity index (χ4n) is 3.94. The molecule has 1 aromatic heterocycles. The van der Waals surface area contributed by atoms with E-state index in [1.54, 1.807) is 39.5 Å². The van der Waals surface area contributed by atoms with Crippen molar-refractivity contribution >= 4 is 28.8 Å². The van der Waals surface area contributed by atoms with Crippen LogP contribution in [-0.2, 0) is 25.6 Å². The minimum Gasteiger partial charge on any atom is -0.496 e. The molecule has 10 heteroatoms. The zero-order chi connectivity index (χ0) is 24.8. The predicted octanol–water partition coefficient (Wildman–Crippen LogP) is 3.76. The quantitative estimate of drug-likeness (QED) is 0.391. The first-order chi connectivity index (χ1) is 17.0. The maximum absolute atomic E-state index is 13.2. The lowest BCUT2D eigenvalue weighted by atomic mass is 9.93. The molecule has 4 rings (SSSR count). The van der Waals surface area contributed by atoms with Gasteiger partial charge in [-0.1, -0.05) is 30.0 Å². The first kappa shape index (κ1) is 24.6. The van der Waals surface area contributed by atoms with Crippen LogP contribution in [0, 0.1) is 0 Å². The molecule has 0 spiro atoms. The monoisotopic (exact) mass is 497 g/mol. The summed E-state index contributed by atoms with van der Waals surface area (Å²) in [6, 6.07) is 10.5. The Bertz CT molecular complexity index is 1170. The van der Waals surface area contributed by atoms with Gasteiger partial charge < -0.3 is 28.8 Å². The van der Waals surface area contributed by atoms with Crippen molar-refractivity contribution in [1.82, 2.24) is 10.2 Å². The van der Waals surface area contributed by atoms with Gasteiger partial charge in [-0.15, -0.1) is 0 Å². The number of fused-ring (bicyclic) bond motifs is 1. The van der Waals surface area contributed by atoms with Gasteiger partial charge in [0.25, 0.3) is 0 Å². The summed E-state index contributed by atoms with van der Waals surface area (Å²) < 4.78 is 21.4. The second kappa shape index (κ2) is 11.3. The van der Waals surface area contributed by atoms with Crippen molar-refractivity contribution in [2.75, 3.05) is 27.4 Å². The molecule has 184 valence electrons. The van der Waals surface area contributed by atoms with E-state index in [4.69, 9.17) is 18.6 Å². The number of hydrogen-bond acceptors (Lipinski definition) is 9. The van der Waals surface area contributed by atoms with E-state index in [0.29, 0.717) is 34.5 Å². The molecule has 35 heavy (non-hydrogen) atoms. The highest BCUT2D eigenvalue weighted by molar-refractivity contribution is 8.16. The number of hydrogen-bond donors (Lipinski definition) is 1. The SMILES string of the molecule is COCCOC(=O)C1=C(C)N=C2SC=C(CC(=O)NCc3ccco3)N2[C@H]1c1ccccc1OC. The zero-order valence-corrected chi connectivity index (χ0v) is 20.6. The summed E-state index contributed by atoms with van der Waals surface area (Å²) in [5.74, 6) is 0.618. The Morgan fingerprint density at radius 3 is 2.74 bits per heavy atom. The van der Waals surface area contributed by atoms with Crippen LogP contribution >= 0.6 is 11.8 Å². The molecule has 1 aromatic carbocycles. The van der Waals surface area contributed by atoms with Crippen molar-refractivity contribution in [2.45, 2.75) is 25.9 Å². The minimum atomic E-state index is -0.576. The van der Waals surface area contributed by atoms with E-state index >= 15 is 0 Å². The van der Waals surface area contributed by atoms with Gasteiger partial charge in [-0.05, 0) is 30.5 Å². The number of amides is 1. The average Bonchev–Trinajstić information content (AvgIpc) is 3.52. The van der Waals surface area contributed by atoms with E-state index in [1.807, 2.05) is 34.6 Å². The lowest BCUT2D eigenvalue weighted by molar-refractivity contribution is -0.141. The number of benzene rings is 1. The summed E-state index contributed by atoms with van der Waals surface area (Å²) in [4.78, 5) is 32.6. The molecule has 0 saturated heterocycles. The number of amidine groups is 1. The van der Waals surface area contributed by atoms with Gasteiger partial charge in [-0.3, -0.25) is 4.79 Å². The molecular weight excluding hydrogens is 470 g/mol. The van der Waals surface area contributed by atoms with Crippen LogP contribution in [0.5, 0.6) is 5.75 Å². The molecule has 1 atom stereocenters. The number of nitrogens with one attached hydrogen (secondary N) is 1. The molecule has 0 radical (unpaired) electrons. The van der Waals surface area contributed by atoms with Crippen molar-refractivity contribution in [3.63, 3.8) is 0 Å². The van der Waals surface area contributed by atoms with Crippen molar-refractivity contribution in [3.05, 3.63) is 76.4 Å².